The summed E-state index contributed by atoms with van der Waals surface area (Å²) in [6.07, 6.45) is 2.89. The van der Waals surface area contributed by atoms with Crippen LogP contribution in [0.15, 0.2) is 24.3 Å². The van der Waals surface area contributed by atoms with Gasteiger partial charge in [0.2, 0.25) is 0 Å². The van der Waals surface area contributed by atoms with Gasteiger partial charge in [-0.05, 0) is 35.8 Å². The van der Waals surface area contributed by atoms with Crippen molar-refractivity contribution < 1.29 is 0 Å². The molecule has 0 bridgehead atoms. The van der Waals surface area contributed by atoms with Gasteiger partial charge in [-0.1, -0.05) is 24.3 Å². The van der Waals surface area contributed by atoms with Gasteiger partial charge in [0.15, 0.2) is 0 Å². The van der Waals surface area contributed by atoms with E-state index in [1.807, 2.05) is 0 Å². The maximum atomic E-state index is 3.51. The minimum Gasteiger partial charge on any atom is -0.312 e. The first-order valence-electron chi connectivity index (χ1n) is 5.23. The van der Waals surface area contributed by atoms with E-state index < -0.39 is 0 Å². The largest absolute Gasteiger partial charge is 0.312 e. The van der Waals surface area contributed by atoms with Gasteiger partial charge in [-0.3, -0.25) is 0 Å². The zero-order valence-corrected chi connectivity index (χ0v) is 7.79. The van der Waals surface area contributed by atoms with Gasteiger partial charge in [-0.25, -0.2) is 0 Å². The predicted octanol–water partition coefficient (Wildman–Crippen LogP) is 2.28. The Morgan fingerprint density at radius 3 is 2.85 bits per heavy atom. The van der Waals surface area contributed by atoms with E-state index in [2.05, 4.69) is 29.6 Å². The number of fused-ring (bicyclic) bond motifs is 1. The first kappa shape index (κ1) is 7.57. The molecular formula is C12H15N. The summed E-state index contributed by atoms with van der Waals surface area (Å²) in [4.78, 5) is 0. The van der Waals surface area contributed by atoms with Crippen molar-refractivity contribution in [3.8, 4) is 0 Å². The SMILES string of the molecule is c1ccc2c(c1)CNCC2C1CC1. The molecule has 1 aromatic carbocycles. The smallest absolute Gasteiger partial charge is 0.0208 e. The highest BCUT2D eigenvalue weighted by Gasteiger charge is 2.34. The standard InChI is InChI=1S/C12H15N/c1-2-4-11-10(3-1)7-13-8-12(11)9-5-6-9/h1-4,9,12-13H,5-8H2. The summed E-state index contributed by atoms with van der Waals surface area (Å²) in [6, 6.07) is 8.91. The van der Waals surface area contributed by atoms with Crippen LogP contribution in [0.25, 0.3) is 0 Å². The van der Waals surface area contributed by atoms with Gasteiger partial charge in [0.25, 0.3) is 0 Å². The Balaban J connectivity index is 2.00. The van der Waals surface area contributed by atoms with Crippen molar-refractivity contribution in [3.05, 3.63) is 35.4 Å². The Labute approximate surface area is 79.2 Å². The van der Waals surface area contributed by atoms with Gasteiger partial charge >= 0.3 is 0 Å². The molecule has 0 spiro atoms. The number of benzene rings is 1. The molecule has 1 N–H and O–H groups in total. The van der Waals surface area contributed by atoms with Gasteiger partial charge in [-0.15, -0.1) is 0 Å². The van der Waals surface area contributed by atoms with Crippen molar-refractivity contribution in [2.75, 3.05) is 6.54 Å². The van der Waals surface area contributed by atoms with E-state index in [4.69, 9.17) is 0 Å². The molecule has 2 aliphatic rings. The van der Waals surface area contributed by atoms with E-state index in [1.165, 1.54) is 24.9 Å². The summed E-state index contributed by atoms with van der Waals surface area (Å²) < 4.78 is 0. The number of rotatable bonds is 1. The molecule has 0 saturated heterocycles. The molecule has 13 heavy (non-hydrogen) atoms. The Hall–Kier alpha value is -0.820. The summed E-state index contributed by atoms with van der Waals surface area (Å²) in [6.45, 7) is 2.26. The van der Waals surface area contributed by atoms with Crippen LogP contribution < -0.4 is 5.32 Å². The van der Waals surface area contributed by atoms with Gasteiger partial charge in [0.05, 0.1) is 0 Å². The van der Waals surface area contributed by atoms with Crippen molar-refractivity contribution in [3.63, 3.8) is 0 Å². The minimum atomic E-state index is 0.810. The number of nitrogens with one attached hydrogen (secondary N) is 1. The quantitative estimate of drug-likeness (QED) is 0.687. The fraction of sp³-hybridized carbons (Fsp3) is 0.500. The second kappa shape index (κ2) is 2.85. The van der Waals surface area contributed by atoms with Crippen molar-refractivity contribution in [2.45, 2.75) is 25.3 Å². The average molecular weight is 173 g/mol. The van der Waals surface area contributed by atoms with E-state index in [9.17, 15) is 0 Å². The molecule has 0 radical (unpaired) electrons. The lowest BCUT2D eigenvalue weighted by molar-refractivity contribution is 0.499. The lowest BCUT2D eigenvalue weighted by Gasteiger charge is -2.26. The van der Waals surface area contributed by atoms with Crippen LogP contribution in [-0.4, -0.2) is 6.54 Å². The van der Waals surface area contributed by atoms with Crippen LogP contribution in [-0.2, 0) is 6.54 Å². The zero-order chi connectivity index (χ0) is 8.67. The molecule has 1 aliphatic carbocycles. The molecule has 1 unspecified atom stereocenters. The molecule has 1 aromatic rings. The van der Waals surface area contributed by atoms with Crippen molar-refractivity contribution in [2.24, 2.45) is 5.92 Å². The van der Waals surface area contributed by atoms with Crippen LogP contribution in [0.1, 0.15) is 29.9 Å². The predicted molar refractivity (Wildman–Crippen MR) is 53.6 cm³/mol. The van der Waals surface area contributed by atoms with E-state index in [1.54, 1.807) is 5.56 Å². The Morgan fingerprint density at radius 1 is 1.15 bits per heavy atom. The van der Waals surface area contributed by atoms with E-state index in [-0.39, 0.29) is 0 Å². The lowest BCUT2D eigenvalue weighted by Crippen LogP contribution is -2.29. The lowest BCUT2D eigenvalue weighted by atomic mass is 9.87. The van der Waals surface area contributed by atoms with Crippen LogP contribution >= 0.6 is 0 Å². The van der Waals surface area contributed by atoms with Gasteiger partial charge in [-0.2, -0.15) is 0 Å². The summed E-state index contributed by atoms with van der Waals surface area (Å²) >= 11 is 0. The topological polar surface area (TPSA) is 12.0 Å². The molecule has 1 saturated carbocycles. The van der Waals surface area contributed by atoms with Crippen LogP contribution in [0.3, 0.4) is 0 Å². The summed E-state index contributed by atoms with van der Waals surface area (Å²) in [7, 11) is 0. The van der Waals surface area contributed by atoms with E-state index in [0.717, 1.165) is 18.4 Å². The van der Waals surface area contributed by atoms with Gasteiger partial charge < -0.3 is 5.32 Å². The average Bonchev–Trinajstić information content (AvgIpc) is 3.00. The Kier molecular flexibility index (Phi) is 1.66. The van der Waals surface area contributed by atoms with E-state index in [0.29, 0.717) is 0 Å². The van der Waals surface area contributed by atoms with E-state index >= 15 is 0 Å². The third-order valence-electron chi connectivity index (χ3n) is 3.33. The third kappa shape index (κ3) is 1.28. The Bertz CT molecular complexity index is 315. The second-order valence-electron chi connectivity index (χ2n) is 4.27. The second-order valence-corrected chi connectivity index (χ2v) is 4.27. The fourth-order valence-electron chi connectivity index (χ4n) is 2.45. The minimum absolute atomic E-state index is 0.810. The molecule has 1 fully saturated rings. The van der Waals surface area contributed by atoms with Crippen molar-refractivity contribution in [1.82, 2.24) is 5.32 Å². The molecule has 3 rings (SSSR count). The van der Waals surface area contributed by atoms with Crippen LogP contribution in [0.2, 0.25) is 0 Å². The van der Waals surface area contributed by atoms with Gasteiger partial charge in [0.1, 0.15) is 0 Å². The zero-order valence-electron chi connectivity index (χ0n) is 7.79. The summed E-state index contributed by atoms with van der Waals surface area (Å²) in [5.74, 6) is 1.79. The number of hydrogen-bond donors (Lipinski definition) is 1. The molecular weight excluding hydrogens is 158 g/mol. The van der Waals surface area contributed by atoms with Crippen LogP contribution in [0, 0.1) is 5.92 Å². The van der Waals surface area contributed by atoms with Crippen molar-refractivity contribution >= 4 is 0 Å². The maximum absolute atomic E-state index is 3.51. The normalized spacial score (nSPS) is 26.9. The molecule has 1 heterocycles. The molecule has 1 heteroatoms. The third-order valence-corrected chi connectivity index (χ3v) is 3.33. The molecule has 0 aromatic heterocycles. The number of hydrogen-bond acceptors (Lipinski definition) is 1. The molecule has 1 aliphatic heterocycles. The molecule has 1 atom stereocenters. The Morgan fingerprint density at radius 2 is 2.00 bits per heavy atom. The summed E-state index contributed by atoms with van der Waals surface area (Å²) in [5.41, 5.74) is 3.13. The van der Waals surface area contributed by atoms with Crippen LogP contribution in [0.4, 0.5) is 0 Å². The maximum Gasteiger partial charge on any atom is 0.0208 e. The molecule has 68 valence electrons. The van der Waals surface area contributed by atoms with Crippen molar-refractivity contribution in [1.29, 1.82) is 0 Å². The fourth-order valence-corrected chi connectivity index (χ4v) is 2.45. The first-order chi connectivity index (χ1) is 6.45. The van der Waals surface area contributed by atoms with Gasteiger partial charge in [0, 0.05) is 13.1 Å². The first-order valence-corrected chi connectivity index (χ1v) is 5.23. The highest BCUT2D eigenvalue weighted by atomic mass is 14.9. The van der Waals surface area contributed by atoms with Crippen LogP contribution in [0.5, 0.6) is 0 Å². The monoisotopic (exact) mass is 173 g/mol. The highest BCUT2D eigenvalue weighted by Crippen LogP contribution is 2.44. The summed E-state index contributed by atoms with van der Waals surface area (Å²) in [5, 5.41) is 3.51. The molecule has 0 amide bonds. The molecule has 1 nitrogen and oxygen atoms in total. The highest BCUT2D eigenvalue weighted by molar-refractivity contribution is 5.33.